The Bertz CT molecular complexity index is 730. The number of nitrogens with one attached hydrogen (secondary N) is 1. The molecule has 1 N–H and O–H groups in total. The lowest BCUT2D eigenvalue weighted by Crippen LogP contribution is -2.47. The first-order valence-electron chi connectivity index (χ1n) is 14.5. The highest BCUT2D eigenvalue weighted by molar-refractivity contribution is 5.47. The van der Waals surface area contributed by atoms with E-state index in [0.29, 0.717) is 39.1 Å². The zero-order valence-corrected chi connectivity index (χ0v) is 23.7. The molecule has 0 aliphatic heterocycles. The summed E-state index contributed by atoms with van der Waals surface area (Å²) in [6.45, 7) is 9.78. The van der Waals surface area contributed by atoms with Crippen LogP contribution in [0.5, 0.6) is 0 Å². The van der Waals surface area contributed by atoms with Crippen molar-refractivity contribution in [3.05, 3.63) is 29.1 Å². The zero-order valence-electron chi connectivity index (χ0n) is 23.7. The van der Waals surface area contributed by atoms with Crippen LogP contribution in [0.4, 0.5) is 27.6 Å². The summed E-state index contributed by atoms with van der Waals surface area (Å²) in [6.07, 6.45) is 11.9. The van der Waals surface area contributed by atoms with Crippen LogP contribution in [0.25, 0.3) is 0 Å². The van der Waals surface area contributed by atoms with Gasteiger partial charge in [0.05, 0.1) is 19.8 Å². The summed E-state index contributed by atoms with van der Waals surface area (Å²) >= 11 is 0. The van der Waals surface area contributed by atoms with Crippen LogP contribution in [0.3, 0.4) is 0 Å². The van der Waals surface area contributed by atoms with Gasteiger partial charge in [0.15, 0.2) is 23.3 Å². The molecule has 38 heavy (non-hydrogen) atoms. The van der Waals surface area contributed by atoms with Gasteiger partial charge in [-0.05, 0) is 38.5 Å². The number of benzene rings is 1. The Morgan fingerprint density at radius 1 is 0.553 bits per heavy atom. The quantitative estimate of drug-likeness (QED) is 0.0482. The average Bonchev–Trinajstić information content (AvgIpc) is 2.92. The van der Waals surface area contributed by atoms with E-state index in [2.05, 4.69) is 12.2 Å². The minimum Gasteiger partial charge on any atom is -0.380 e. The van der Waals surface area contributed by atoms with Crippen LogP contribution in [0.15, 0.2) is 0 Å². The van der Waals surface area contributed by atoms with Crippen molar-refractivity contribution in [1.29, 1.82) is 0 Å². The molecular formula is C29H48F5NO3. The number of anilines is 1. The van der Waals surface area contributed by atoms with E-state index in [0.717, 1.165) is 38.5 Å². The molecule has 1 atom stereocenters. The molecule has 9 heteroatoms. The molecule has 222 valence electrons. The zero-order chi connectivity index (χ0) is 28.4. The van der Waals surface area contributed by atoms with E-state index in [9.17, 15) is 22.0 Å². The van der Waals surface area contributed by atoms with E-state index in [4.69, 9.17) is 14.2 Å². The molecule has 0 amide bonds. The Labute approximate surface area is 226 Å². The Morgan fingerprint density at radius 2 is 0.974 bits per heavy atom. The van der Waals surface area contributed by atoms with Crippen LogP contribution >= 0.6 is 0 Å². The molecule has 0 radical (unpaired) electrons. The molecule has 0 saturated heterocycles. The number of halogens is 5. The van der Waals surface area contributed by atoms with Crippen LogP contribution in [0.2, 0.25) is 0 Å². The molecule has 1 aromatic carbocycles. The molecule has 0 aliphatic rings. The van der Waals surface area contributed by atoms with Gasteiger partial charge in [-0.3, -0.25) is 0 Å². The van der Waals surface area contributed by atoms with E-state index < -0.39 is 40.7 Å². The predicted octanol–water partition coefficient (Wildman–Crippen LogP) is 9.26. The Hall–Kier alpha value is -1.45. The first kappa shape index (κ1) is 34.6. The third-order valence-corrected chi connectivity index (χ3v) is 6.42. The fourth-order valence-electron chi connectivity index (χ4n) is 4.37. The van der Waals surface area contributed by atoms with Gasteiger partial charge in [-0.15, -0.1) is 0 Å². The molecule has 0 fully saturated rings. The number of ether oxygens (including phenoxy) is 3. The van der Waals surface area contributed by atoms with Gasteiger partial charge in [0.25, 0.3) is 5.97 Å². The van der Waals surface area contributed by atoms with Crippen molar-refractivity contribution < 1.29 is 36.2 Å². The SMILES string of the molecule is CCCCCCCCC(CCCCNc1c(F)c(F)c(F)c(F)c1F)C(OCCC)(OCCC)OCCC. The lowest BCUT2D eigenvalue weighted by atomic mass is 9.92. The van der Waals surface area contributed by atoms with E-state index >= 15 is 0 Å². The normalized spacial score (nSPS) is 12.8. The van der Waals surface area contributed by atoms with Gasteiger partial charge in [0.2, 0.25) is 5.82 Å². The van der Waals surface area contributed by atoms with Crippen molar-refractivity contribution in [2.45, 2.75) is 117 Å². The molecule has 0 saturated carbocycles. The predicted molar refractivity (Wildman–Crippen MR) is 142 cm³/mol. The Balaban J connectivity index is 2.91. The molecule has 0 bridgehead atoms. The van der Waals surface area contributed by atoms with Gasteiger partial charge in [0.1, 0.15) is 5.69 Å². The van der Waals surface area contributed by atoms with E-state index in [-0.39, 0.29) is 12.5 Å². The third-order valence-electron chi connectivity index (χ3n) is 6.42. The first-order chi connectivity index (χ1) is 18.3. The van der Waals surface area contributed by atoms with Crippen molar-refractivity contribution in [3.63, 3.8) is 0 Å². The molecule has 1 unspecified atom stereocenters. The van der Waals surface area contributed by atoms with Crippen LogP contribution < -0.4 is 5.32 Å². The number of unbranched alkanes of at least 4 members (excludes halogenated alkanes) is 6. The minimum absolute atomic E-state index is 0.0521. The number of rotatable bonds is 23. The molecule has 4 nitrogen and oxygen atoms in total. The lowest BCUT2D eigenvalue weighted by molar-refractivity contribution is -0.406. The average molecular weight is 554 g/mol. The summed E-state index contributed by atoms with van der Waals surface area (Å²) in [5, 5.41) is 2.39. The Morgan fingerprint density at radius 3 is 1.45 bits per heavy atom. The van der Waals surface area contributed by atoms with Crippen molar-refractivity contribution >= 4 is 5.69 Å². The van der Waals surface area contributed by atoms with Crippen LogP contribution in [0.1, 0.15) is 111 Å². The van der Waals surface area contributed by atoms with E-state index in [1.54, 1.807) is 0 Å². The fourth-order valence-corrected chi connectivity index (χ4v) is 4.37. The monoisotopic (exact) mass is 553 g/mol. The largest absolute Gasteiger partial charge is 0.380 e. The summed E-state index contributed by atoms with van der Waals surface area (Å²) in [4.78, 5) is 0. The van der Waals surface area contributed by atoms with Crippen LogP contribution in [-0.2, 0) is 14.2 Å². The smallest absolute Gasteiger partial charge is 0.285 e. The van der Waals surface area contributed by atoms with E-state index in [1.807, 2.05) is 20.8 Å². The van der Waals surface area contributed by atoms with Gasteiger partial charge >= 0.3 is 0 Å². The van der Waals surface area contributed by atoms with Crippen molar-refractivity contribution in [2.24, 2.45) is 5.92 Å². The van der Waals surface area contributed by atoms with Gasteiger partial charge in [0, 0.05) is 12.5 Å². The highest BCUT2D eigenvalue weighted by atomic mass is 19.2. The van der Waals surface area contributed by atoms with Crippen molar-refractivity contribution in [3.8, 4) is 0 Å². The first-order valence-corrected chi connectivity index (χ1v) is 14.5. The van der Waals surface area contributed by atoms with Crippen molar-refractivity contribution in [1.82, 2.24) is 0 Å². The second-order valence-electron chi connectivity index (χ2n) is 9.77. The van der Waals surface area contributed by atoms with Gasteiger partial charge < -0.3 is 19.5 Å². The van der Waals surface area contributed by atoms with Crippen molar-refractivity contribution in [2.75, 3.05) is 31.7 Å². The lowest BCUT2D eigenvalue weighted by Gasteiger charge is -2.40. The second-order valence-corrected chi connectivity index (χ2v) is 9.77. The molecule has 0 heterocycles. The van der Waals surface area contributed by atoms with Gasteiger partial charge in [-0.25, -0.2) is 22.0 Å². The second kappa shape index (κ2) is 19.6. The highest BCUT2D eigenvalue weighted by Crippen LogP contribution is 2.35. The molecule has 0 spiro atoms. The van der Waals surface area contributed by atoms with E-state index in [1.165, 1.54) is 25.7 Å². The minimum atomic E-state index is -2.16. The topological polar surface area (TPSA) is 39.7 Å². The molecule has 0 aromatic heterocycles. The van der Waals surface area contributed by atoms with Crippen LogP contribution in [-0.4, -0.2) is 32.3 Å². The fraction of sp³-hybridized carbons (Fsp3) is 0.793. The standard InChI is InChI=1S/C29H48F5NO3/c1-5-9-10-11-12-13-16-22(29(36-19-6-2,37-20-7-3)38-21-8-4)17-14-15-18-35-28-26(33)24(31)23(30)25(32)27(28)34/h22,35H,5-21H2,1-4H3. The maximum atomic E-state index is 14.0. The third kappa shape index (κ3) is 11.0. The summed E-state index contributed by atoms with van der Waals surface area (Å²) in [5.41, 5.74) is -0.997. The molecular weight excluding hydrogens is 505 g/mol. The molecule has 1 aromatic rings. The number of hydrogen-bond acceptors (Lipinski definition) is 4. The molecule has 0 aliphatic carbocycles. The van der Waals surface area contributed by atoms with Gasteiger partial charge in [-0.2, -0.15) is 0 Å². The maximum absolute atomic E-state index is 14.0. The van der Waals surface area contributed by atoms with Gasteiger partial charge in [-0.1, -0.05) is 72.6 Å². The summed E-state index contributed by atoms with van der Waals surface area (Å²) < 4.78 is 87.0. The highest BCUT2D eigenvalue weighted by Gasteiger charge is 2.42. The molecule has 1 rings (SSSR count). The van der Waals surface area contributed by atoms with Crippen LogP contribution in [0, 0.1) is 35.0 Å². The summed E-state index contributed by atoms with van der Waals surface area (Å²) in [7, 11) is 0. The maximum Gasteiger partial charge on any atom is 0.285 e. The Kier molecular flexibility index (Phi) is 17.8. The summed E-state index contributed by atoms with van der Waals surface area (Å²) in [5.74, 6) is -11.0. The number of hydrogen-bond donors (Lipinski definition) is 1. The summed E-state index contributed by atoms with van der Waals surface area (Å²) in [6, 6.07) is 0.